The molecule has 1 amide bonds. The highest BCUT2D eigenvalue weighted by molar-refractivity contribution is 9.13. The second kappa shape index (κ2) is 6.07. The van der Waals surface area contributed by atoms with Crippen LogP contribution in [0, 0.1) is 0 Å². The van der Waals surface area contributed by atoms with Gasteiger partial charge in [-0.1, -0.05) is 6.92 Å². The molecule has 2 aromatic rings. The van der Waals surface area contributed by atoms with E-state index >= 15 is 0 Å². The summed E-state index contributed by atoms with van der Waals surface area (Å²) < 4.78 is 1.82. The molecule has 0 radical (unpaired) electrons. The van der Waals surface area contributed by atoms with Crippen LogP contribution in [-0.4, -0.2) is 28.6 Å². The molecule has 1 atom stereocenters. The summed E-state index contributed by atoms with van der Waals surface area (Å²) >= 11 is 6.85. The minimum absolute atomic E-state index is 0.0557. The third kappa shape index (κ3) is 3.01. The number of H-pyrrole nitrogens is 1. The summed E-state index contributed by atoms with van der Waals surface area (Å²) in [6.07, 6.45) is 2.38. The first-order chi connectivity index (χ1) is 9.06. The molecule has 19 heavy (non-hydrogen) atoms. The van der Waals surface area contributed by atoms with Gasteiger partial charge in [-0.05, 0) is 50.4 Å². The standard InChI is InChI=1S/C13H14Br2N2O2/c1-2-7(6-18)17-13(19)9-5-16-12-4-11(15)10(14)3-8(9)12/h3-5,7,16,18H,2,6H2,1H3,(H,17,19). The number of aliphatic hydroxyl groups is 1. The molecular formula is C13H14Br2N2O2. The predicted octanol–water partition coefficient (Wildman–Crippen LogP) is 3.19. The Morgan fingerprint density at radius 1 is 1.42 bits per heavy atom. The molecule has 2 rings (SSSR count). The molecule has 0 bridgehead atoms. The van der Waals surface area contributed by atoms with Crippen LogP contribution >= 0.6 is 31.9 Å². The fraction of sp³-hybridized carbons (Fsp3) is 0.308. The number of amides is 1. The molecular weight excluding hydrogens is 376 g/mol. The van der Waals surface area contributed by atoms with Gasteiger partial charge < -0.3 is 15.4 Å². The zero-order chi connectivity index (χ0) is 14.0. The molecule has 0 aliphatic carbocycles. The summed E-state index contributed by atoms with van der Waals surface area (Å²) in [4.78, 5) is 15.2. The van der Waals surface area contributed by atoms with Crippen LogP contribution in [-0.2, 0) is 0 Å². The first-order valence-electron chi connectivity index (χ1n) is 5.94. The quantitative estimate of drug-likeness (QED) is 0.751. The summed E-state index contributed by atoms with van der Waals surface area (Å²) in [5, 5.41) is 12.8. The zero-order valence-corrected chi connectivity index (χ0v) is 13.5. The molecule has 6 heteroatoms. The highest BCUT2D eigenvalue weighted by atomic mass is 79.9. The molecule has 102 valence electrons. The van der Waals surface area contributed by atoms with Crippen molar-refractivity contribution in [3.63, 3.8) is 0 Å². The molecule has 0 saturated carbocycles. The molecule has 1 aromatic carbocycles. The van der Waals surface area contributed by atoms with Crippen molar-refractivity contribution >= 4 is 48.7 Å². The van der Waals surface area contributed by atoms with Crippen molar-refractivity contribution in [2.24, 2.45) is 0 Å². The van der Waals surface area contributed by atoms with Crippen molar-refractivity contribution in [2.45, 2.75) is 19.4 Å². The maximum absolute atomic E-state index is 12.2. The molecule has 0 aliphatic rings. The number of aromatic nitrogens is 1. The number of carbonyl (C=O) groups is 1. The van der Waals surface area contributed by atoms with Crippen LogP contribution in [0.3, 0.4) is 0 Å². The molecule has 0 saturated heterocycles. The topological polar surface area (TPSA) is 65.1 Å². The van der Waals surface area contributed by atoms with Crippen LogP contribution < -0.4 is 5.32 Å². The van der Waals surface area contributed by atoms with Gasteiger partial charge >= 0.3 is 0 Å². The maximum Gasteiger partial charge on any atom is 0.253 e. The summed E-state index contributed by atoms with van der Waals surface area (Å²) in [6.45, 7) is 1.87. The van der Waals surface area contributed by atoms with Crippen molar-refractivity contribution in [3.8, 4) is 0 Å². The summed E-state index contributed by atoms with van der Waals surface area (Å²) in [5.41, 5.74) is 1.47. The van der Waals surface area contributed by atoms with Gasteiger partial charge in [-0.3, -0.25) is 4.79 Å². The van der Waals surface area contributed by atoms with Gasteiger partial charge in [-0.25, -0.2) is 0 Å². The van der Waals surface area contributed by atoms with Crippen LogP contribution in [0.4, 0.5) is 0 Å². The minimum atomic E-state index is -0.212. The zero-order valence-electron chi connectivity index (χ0n) is 10.3. The second-order valence-corrected chi connectivity index (χ2v) is 5.98. The smallest absolute Gasteiger partial charge is 0.253 e. The van der Waals surface area contributed by atoms with E-state index < -0.39 is 0 Å². The number of halogens is 2. The highest BCUT2D eigenvalue weighted by Crippen LogP contribution is 2.30. The minimum Gasteiger partial charge on any atom is -0.394 e. The molecule has 0 aliphatic heterocycles. The Balaban J connectivity index is 2.35. The van der Waals surface area contributed by atoms with Gasteiger partial charge in [-0.2, -0.15) is 0 Å². The molecule has 4 nitrogen and oxygen atoms in total. The fourth-order valence-corrected chi connectivity index (χ4v) is 2.53. The number of aliphatic hydroxyl groups excluding tert-OH is 1. The van der Waals surface area contributed by atoms with E-state index in [0.29, 0.717) is 12.0 Å². The first kappa shape index (κ1) is 14.6. The van der Waals surface area contributed by atoms with E-state index in [2.05, 4.69) is 42.2 Å². The Hall–Kier alpha value is -0.850. The molecule has 1 aromatic heterocycles. The summed E-state index contributed by atoms with van der Waals surface area (Å²) in [6, 6.07) is 3.60. The van der Waals surface area contributed by atoms with E-state index in [1.54, 1.807) is 6.20 Å². The van der Waals surface area contributed by atoms with Gasteiger partial charge in [0.05, 0.1) is 18.2 Å². The number of carbonyl (C=O) groups excluding carboxylic acids is 1. The van der Waals surface area contributed by atoms with Crippen molar-refractivity contribution < 1.29 is 9.90 Å². The van der Waals surface area contributed by atoms with Crippen LogP contribution in [0.15, 0.2) is 27.3 Å². The Labute approximate surface area is 127 Å². The van der Waals surface area contributed by atoms with Crippen molar-refractivity contribution in [1.29, 1.82) is 0 Å². The van der Waals surface area contributed by atoms with Crippen molar-refractivity contribution in [2.75, 3.05) is 6.61 Å². The number of benzene rings is 1. The lowest BCUT2D eigenvalue weighted by molar-refractivity contribution is 0.0916. The van der Waals surface area contributed by atoms with Gasteiger partial charge in [0.15, 0.2) is 0 Å². The average Bonchev–Trinajstić information content (AvgIpc) is 2.79. The molecule has 0 spiro atoms. The van der Waals surface area contributed by atoms with Crippen LogP contribution in [0.2, 0.25) is 0 Å². The van der Waals surface area contributed by atoms with Gasteiger partial charge in [0.2, 0.25) is 0 Å². The normalized spacial score (nSPS) is 12.6. The molecule has 0 fully saturated rings. The largest absolute Gasteiger partial charge is 0.394 e. The number of nitrogens with one attached hydrogen (secondary N) is 2. The third-order valence-corrected chi connectivity index (χ3v) is 4.86. The van der Waals surface area contributed by atoms with E-state index in [1.807, 2.05) is 19.1 Å². The first-order valence-corrected chi connectivity index (χ1v) is 7.53. The second-order valence-electron chi connectivity index (χ2n) is 4.28. The molecule has 1 unspecified atom stereocenters. The van der Waals surface area contributed by atoms with E-state index in [1.165, 1.54) is 0 Å². The maximum atomic E-state index is 12.2. The van der Waals surface area contributed by atoms with E-state index in [9.17, 15) is 4.79 Å². The highest BCUT2D eigenvalue weighted by Gasteiger charge is 2.16. The Kier molecular flexibility index (Phi) is 4.65. The van der Waals surface area contributed by atoms with Crippen molar-refractivity contribution in [1.82, 2.24) is 10.3 Å². The van der Waals surface area contributed by atoms with Gasteiger partial charge in [0, 0.05) is 26.0 Å². The monoisotopic (exact) mass is 388 g/mol. The van der Waals surface area contributed by atoms with E-state index in [0.717, 1.165) is 19.8 Å². The van der Waals surface area contributed by atoms with Crippen LogP contribution in [0.25, 0.3) is 10.9 Å². The SMILES string of the molecule is CCC(CO)NC(=O)c1c[nH]c2cc(Br)c(Br)cc12. The average molecular weight is 390 g/mol. The van der Waals surface area contributed by atoms with Gasteiger partial charge in [-0.15, -0.1) is 0 Å². The number of fused-ring (bicyclic) bond motifs is 1. The van der Waals surface area contributed by atoms with Crippen molar-refractivity contribution in [3.05, 3.63) is 32.8 Å². The number of hydrogen-bond donors (Lipinski definition) is 3. The lowest BCUT2D eigenvalue weighted by Gasteiger charge is -2.13. The lowest BCUT2D eigenvalue weighted by atomic mass is 10.1. The van der Waals surface area contributed by atoms with E-state index in [-0.39, 0.29) is 18.6 Å². The Morgan fingerprint density at radius 3 is 2.74 bits per heavy atom. The summed E-state index contributed by atoms with van der Waals surface area (Å²) in [5.74, 6) is -0.179. The van der Waals surface area contributed by atoms with Gasteiger partial charge in [0.25, 0.3) is 5.91 Å². The lowest BCUT2D eigenvalue weighted by Crippen LogP contribution is -2.36. The van der Waals surface area contributed by atoms with Crippen LogP contribution in [0.5, 0.6) is 0 Å². The Morgan fingerprint density at radius 2 is 2.11 bits per heavy atom. The summed E-state index contributed by atoms with van der Waals surface area (Å²) in [7, 11) is 0. The number of rotatable bonds is 4. The molecule has 1 heterocycles. The number of hydrogen-bond acceptors (Lipinski definition) is 2. The fourth-order valence-electron chi connectivity index (χ4n) is 1.84. The van der Waals surface area contributed by atoms with Gasteiger partial charge in [0.1, 0.15) is 0 Å². The number of aromatic amines is 1. The molecule has 3 N–H and O–H groups in total. The predicted molar refractivity (Wildman–Crippen MR) is 82.3 cm³/mol. The third-order valence-electron chi connectivity index (χ3n) is 3.02. The van der Waals surface area contributed by atoms with Crippen LogP contribution in [0.1, 0.15) is 23.7 Å². The van der Waals surface area contributed by atoms with E-state index in [4.69, 9.17) is 5.11 Å². The Bertz CT molecular complexity index is 606.